The first-order valence-electron chi connectivity index (χ1n) is 6.78. The van der Waals surface area contributed by atoms with E-state index in [1.54, 1.807) is 20.8 Å². The Hall–Kier alpha value is -1.11. The van der Waals surface area contributed by atoms with E-state index in [9.17, 15) is 20.1 Å². The van der Waals surface area contributed by atoms with Crippen molar-refractivity contribution < 1.29 is 26.2 Å². The van der Waals surface area contributed by atoms with Crippen LogP contribution in [0.2, 0.25) is 0 Å². The lowest BCUT2D eigenvalue weighted by molar-refractivity contribution is -0.0627. The Morgan fingerprint density at radius 1 is 1.42 bits per heavy atom. The molecule has 1 aliphatic rings. The molecule has 0 aromatic rings. The number of ether oxygens (including phenoxy) is 1. The van der Waals surface area contributed by atoms with E-state index < -0.39 is 42.4 Å². The number of amides is 1. The van der Waals surface area contributed by atoms with E-state index in [1.807, 2.05) is 0 Å². The normalized spacial score (nSPS) is 34.1. The highest BCUT2D eigenvalue weighted by Gasteiger charge is 2.37. The fourth-order valence-corrected chi connectivity index (χ4v) is 1.84. The quantitative estimate of drug-likeness (QED) is 0.544. The van der Waals surface area contributed by atoms with Gasteiger partial charge >= 0.3 is 6.09 Å². The van der Waals surface area contributed by atoms with Crippen LogP contribution < -0.4 is 5.32 Å². The zero-order valence-corrected chi connectivity index (χ0v) is 11.6. The molecule has 0 bridgehead atoms. The van der Waals surface area contributed by atoms with Crippen LogP contribution in [0.1, 0.15) is 35.5 Å². The number of alkyl carbamates (subject to hydrolysis) is 1. The zero-order valence-electron chi connectivity index (χ0n) is 12.6. The summed E-state index contributed by atoms with van der Waals surface area (Å²) in [5, 5.41) is 31.8. The predicted octanol–water partition coefficient (Wildman–Crippen LogP) is 0.312. The van der Waals surface area contributed by atoms with Crippen LogP contribution in [0.25, 0.3) is 0 Å². The largest absolute Gasteiger partial charge is 0.444 e. The van der Waals surface area contributed by atoms with Crippen molar-refractivity contribution in [1.82, 2.24) is 5.32 Å². The van der Waals surface area contributed by atoms with Crippen molar-refractivity contribution in [1.29, 1.82) is 0 Å². The van der Waals surface area contributed by atoms with Crippen molar-refractivity contribution >= 4 is 6.09 Å². The monoisotopic (exact) mass is 275 g/mol. The molecule has 0 aliphatic heterocycles. The first kappa shape index (κ1) is 14.3. The van der Waals surface area contributed by atoms with E-state index in [0.29, 0.717) is 0 Å². The van der Waals surface area contributed by atoms with Crippen LogP contribution >= 0.6 is 0 Å². The number of aliphatic hydroxyl groups is 3. The molecule has 0 saturated carbocycles. The Kier molecular flexibility index (Phi) is 4.44. The summed E-state index contributed by atoms with van der Waals surface area (Å²) in [5.74, 6) is 0. The molecule has 0 radical (unpaired) electrons. The van der Waals surface area contributed by atoms with E-state index in [4.69, 9.17) is 6.11 Å². The van der Waals surface area contributed by atoms with Crippen LogP contribution in [0.3, 0.4) is 0 Å². The molecule has 0 aromatic carbocycles. The van der Waals surface area contributed by atoms with Crippen LogP contribution in [0.15, 0.2) is 11.6 Å². The molecule has 0 saturated heterocycles. The van der Waals surface area contributed by atoms with Crippen LogP contribution in [0.5, 0.6) is 0 Å². The van der Waals surface area contributed by atoms with Crippen molar-refractivity contribution in [2.75, 3.05) is 0 Å². The Bertz CT molecular complexity index is 391. The number of hydrogen-bond acceptors (Lipinski definition) is 5. The number of rotatable bonds is 2. The molecule has 0 spiro atoms. The highest BCUT2D eigenvalue weighted by molar-refractivity contribution is 5.68. The fraction of sp³-hybridized carbons (Fsp3) is 0.769. The lowest BCUT2D eigenvalue weighted by Gasteiger charge is -2.35. The van der Waals surface area contributed by atoms with Gasteiger partial charge in [-0.1, -0.05) is 13.0 Å². The summed E-state index contributed by atoms with van der Waals surface area (Å²) >= 11 is 0. The maximum atomic E-state index is 11.7. The second-order valence-electron chi connectivity index (χ2n) is 5.55. The number of carbonyl (C=O) groups excluding carboxylic acids is 1. The molecule has 0 fully saturated rings. The zero-order chi connectivity index (χ0) is 15.7. The molecule has 6 heteroatoms. The summed E-state index contributed by atoms with van der Waals surface area (Å²) in [6.07, 6.45) is -4.23. The van der Waals surface area contributed by atoms with Gasteiger partial charge in [-0.2, -0.15) is 0 Å². The van der Waals surface area contributed by atoms with Crippen molar-refractivity contribution in [3.8, 4) is 0 Å². The summed E-state index contributed by atoms with van der Waals surface area (Å²) in [4.78, 5) is 11.7. The van der Waals surface area contributed by atoms with E-state index in [1.165, 1.54) is 13.0 Å². The third-order valence-corrected chi connectivity index (χ3v) is 2.77. The minimum absolute atomic E-state index is 0.254. The van der Waals surface area contributed by atoms with Gasteiger partial charge in [-0.25, -0.2) is 4.79 Å². The van der Waals surface area contributed by atoms with Gasteiger partial charge < -0.3 is 25.4 Å². The van der Waals surface area contributed by atoms with Gasteiger partial charge in [-0.05, 0) is 32.7 Å². The van der Waals surface area contributed by atoms with Gasteiger partial charge in [0.2, 0.25) is 0 Å². The van der Waals surface area contributed by atoms with Crippen LogP contribution in [-0.4, -0.2) is 51.4 Å². The predicted molar refractivity (Wildman–Crippen MR) is 69.6 cm³/mol. The number of hydrogen-bond donors (Lipinski definition) is 4. The highest BCUT2D eigenvalue weighted by atomic mass is 16.6. The lowest BCUT2D eigenvalue weighted by atomic mass is 9.87. The molecule has 1 amide bonds. The number of nitrogens with one attached hydrogen (secondary N) is 1. The third-order valence-electron chi connectivity index (χ3n) is 2.77. The van der Waals surface area contributed by atoms with Crippen LogP contribution in [0, 0.1) is 0 Å². The molecule has 1 rings (SSSR count). The molecular formula is C13H23NO5. The molecule has 4 N–H and O–H groups in total. The van der Waals surface area contributed by atoms with Crippen molar-refractivity contribution in [2.24, 2.45) is 0 Å². The maximum absolute atomic E-state index is 11.7. The first-order chi connectivity index (χ1) is 9.03. The smallest absolute Gasteiger partial charge is 0.408 e. The minimum atomic E-state index is -1.46. The molecule has 6 nitrogen and oxygen atoms in total. The average molecular weight is 275 g/mol. The topological polar surface area (TPSA) is 99.0 Å². The van der Waals surface area contributed by atoms with Gasteiger partial charge in [0, 0.05) is 1.37 Å². The summed E-state index contributed by atoms with van der Waals surface area (Å²) in [7, 11) is 0. The van der Waals surface area contributed by atoms with Crippen molar-refractivity contribution in [3.63, 3.8) is 0 Å². The summed E-state index contributed by atoms with van der Waals surface area (Å²) < 4.78 is 12.7. The van der Waals surface area contributed by atoms with E-state index in [2.05, 4.69) is 5.32 Å². The molecule has 5 atom stereocenters. The van der Waals surface area contributed by atoms with E-state index in [-0.39, 0.29) is 5.57 Å². The number of aliphatic hydroxyl groups excluding tert-OH is 3. The molecule has 0 aromatic heterocycles. The molecule has 0 heterocycles. The van der Waals surface area contributed by atoms with Gasteiger partial charge in [-0.3, -0.25) is 0 Å². The Balaban J connectivity index is 2.85. The maximum Gasteiger partial charge on any atom is 0.408 e. The van der Waals surface area contributed by atoms with E-state index >= 15 is 0 Å². The van der Waals surface area contributed by atoms with Crippen LogP contribution in [-0.2, 0) is 4.74 Å². The first-order valence-corrected chi connectivity index (χ1v) is 6.20. The van der Waals surface area contributed by atoms with Crippen LogP contribution in [0.4, 0.5) is 4.79 Å². The Morgan fingerprint density at radius 3 is 2.47 bits per heavy atom. The molecule has 1 aliphatic carbocycles. The molecule has 4 unspecified atom stereocenters. The summed E-state index contributed by atoms with van der Waals surface area (Å²) in [6.45, 7) is 6.64. The minimum Gasteiger partial charge on any atom is -0.444 e. The van der Waals surface area contributed by atoms with E-state index in [0.717, 1.165) is 0 Å². The summed E-state index contributed by atoms with van der Waals surface area (Å²) in [5.41, 5.74) is -0.430. The summed E-state index contributed by atoms with van der Waals surface area (Å²) in [6, 6.07) is -0.911. The third kappa shape index (κ3) is 4.19. The van der Waals surface area contributed by atoms with Gasteiger partial charge in [0.15, 0.2) is 0 Å². The molecular weight excluding hydrogens is 250 g/mol. The van der Waals surface area contributed by atoms with Gasteiger partial charge in [-0.15, -0.1) is 0 Å². The SMILES string of the molecule is [3H]C(C)C1=CC(NC(=O)OC(C)(C)C)C(O)[C@@H](O)C1O. The lowest BCUT2D eigenvalue weighted by Crippen LogP contribution is -2.55. The van der Waals surface area contributed by atoms with Gasteiger partial charge in [0.05, 0.1) is 6.04 Å². The Morgan fingerprint density at radius 2 is 2.00 bits per heavy atom. The fourth-order valence-electron chi connectivity index (χ4n) is 1.84. The van der Waals surface area contributed by atoms with Gasteiger partial charge in [0.1, 0.15) is 23.9 Å². The highest BCUT2D eigenvalue weighted by Crippen LogP contribution is 2.22. The van der Waals surface area contributed by atoms with Gasteiger partial charge in [0.25, 0.3) is 0 Å². The Labute approximate surface area is 114 Å². The standard InChI is InChI=1S/C13H23NO5/c1-5-7-6-8(10(16)11(17)9(7)15)14-12(18)19-13(2,3)4/h6,8-11,15-17H,5H2,1-4H3,(H,14,18)/t8?,9?,10?,11-/m0/s1/i5T/t5?,8?,9?,10?,11-. The second kappa shape index (κ2) is 5.90. The molecule has 19 heavy (non-hydrogen) atoms. The van der Waals surface area contributed by atoms with Crippen molar-refractivity contribution in [3.05, 3.63) is 11.6 Å². The molecule has 110 valence electrons. The average Bonchev–Trinajstić information content (AvgIpc) is 2.27. The number of carbonyl (C=O) groups is 1. The van der Waals surface area contributed by atoms with Crippen molar-refractivity contribution in [2.45, 2.75) is 64.0 Å². The second-order valence-corrected chi connectivity index (χ2v) is 5.55.